The van der Waals surface area contributed by atoms with E-state index in [-0.39, 0.29) is 23.6 Å². The molecule has 118 valence electrons. The van der Waals surface area contributed by atoms with Crippen molar-refractivity contribution in [2.24, 2.45) is 17.3 Å². The number of likely N-dealkylation sites (tertiary alicyclic amines) is 1. The molecule has 1 aliphatic rings. The maximum absolute atomic E-state index is 12.3. The minimum Gasteiger partial charge on any atom is -0.396 e. The zero-order valence-corrected chi connectivity index (χ0v) is 14.0. The average Bonchev–Trinajstić information content (AvgIpc) is 2.32. The Bertz CT molecular complexity index is 337. The summed E-state index contributed by atoms with van der Waals surface area (Å²) in [5, 5.41) is 12.2. The zero-order valence-electron chi connectivity index (χ0n) is 14.0. The van der Waals surface area contributed by atoms with E-state index in [1.165, 1.54) is 0 Å². The summed E-state index contributed by atoms with van der Waals surface area (Å²) in [6, 6.07) is 0.0287. The summed E-state index contributed by atoms with van der Waals surface area (Å²) in [5.41, 5.74) is 0.0778. The summed E-state index contributed by atoms with van der Waals surface area (Å²) in [6.07, 6.45) is 1.79. The molecule has 1 fully saturated rings. The fraction of sp³-hybridized carbons (Fsp3) is 0.938. The van der Waals surface area contributed by atoms with Gasteiger partial charge >= 0.3 is 6.03 Å². The molecule has 1 unspecified atom stereocenters. The number of urea groups is 1. The molecule has 1 atom stereocenters. The van der Waals surface area contributed by atoms with Crippen LogP contribution in [0.1, 0.15) is 54.4 Å². The van der Waals surface area contributed by atoms with Gasteiger partial charge in [0, 0.05) is 30.7 Å². The molecule has 2 amide bonds. The largest absolute Gasteiger partial charge is 0.396 e. The molecular formula is C16H32N2O2. The molecule has 1 saturated heterocycles. The fourth-order valence-corrected chi connectivity index (χ4v) is 2.87. The second-order valence-electron chi connectivity index (χ2n) is 7.72. The minimum absolute atomic E-state index is 0.0287. The van der Waals surface area contributed by atoms with Crippen LogP contribution in [0.5, 0.6) is 0 Å². The first-order valence-electron chi connectivity index (χ1n) is 7.78. The van der Waals surface area contributed by atoms with Crippen LogP contribution in [0.3, 0.4) is 0 Å². The van der Waals surface area contributed by atoms with Gasteiger partial charge in [0.25, 0.3) is 0 Å². The number of aliphatic hydroxyl groups excluding tert-OH is 1. The van der Waals surface area contributed by atoms with Gasteiger partial charge in [0.1, 0.15) is 0 Å². The molecule has 4 heteroatoms. The number of carbonyl (C=O) groups excluding carboxylic acids is 1. The molecule has 0 bridgehead atoms. The van der Waals surface area contributed by atoms with Crippen molar-refractivity contribution in [2.45, 2.75) is 59.9 Å². The lowest BCUT2D eigenvalue weighted by molar-refractivity contribution is -0.0809. The van der Waals surface area contributed by atoms with Gasteiger partial charge in [0.15, 0.2) is 0 Å². The van der Waals surface area contributed by atoms with E-state index >= 15 is 0 Å². The maximum Gasteiger partial charge on any atom is 0.317 e. The number of aliphatic hydroxyl groups is 1. The van der Waals surface area contributed by atoms with E-state index in [0.717, 1.165) is 19.4 Å². The number of nitrogens with zero attached hydrogens (tertiary/aromatic N) is 1. The van der Waals surface area contributed by atoms with E-state index in [0.29, 0.717) is 18.4 Å². The first-order chi connectivity index (χ1) is 9.11. The Morgan fingerprint density at radius 2 is 1.90 bits per heavy atom. The summed E-state index contributed by atoms with van der Waals surface area (Å²) >= 11 is 0. The molecule has 0 aromatic carbocycles. The Balaban J connectivity index is 2.47. The smallest absolute Gasteiger partial charge is 0.317 e. The predicted molar refractivity (Wildman–Crippen MR) is 82.6 cm³/mol. The minimum atomic E-state index is -0.0956. The molecular weight excluding hydrogens is 252 g/mol. The highest BCUT2D eigenvalue weighted by molar-refractivity contribution is 5.76. The summed E-state index contributed by atoms with van der Waals surface area (Å²) in [4.78, 5) is 14.2. The predicted octanol–water partition coefficient (Wildman–Crippen LogP) is 2.86. The van der Waals surface area contributed by atoms with Crippen LogP contribution in [0.2, 0.25) is 0 Å². The molecule has 1 rings (SSSR count). The lowest BCUT2D eigenvalue weighted by Crippen LogP contribution is -2.72. The summed E-state index contributed by atoms with van der Waals surface area (Å²) in [7, 11) is 0. The number of rotatable bonds is 6. The van der Waals surface area contributed by atoms with Crippen LogP contribution in [0, 0.1) is 17.3 Å². The molecule has 0 saturated carbocycles. The van der Waals surface area contributed by atoms with E-state index in [9.17, 15) is 4.79 Å². The second-order valence-corrected chi connectivity index (χ2v) is 7.72. The van der Waals surface area contributed by atoms with Gasteiger partial charge < -0.3 is 15.3 Å². The summed E-state index contributed by atoms with van der Waals surface area (Å²) < 4.78 is 0. The van der Waals surface area contributed by atoms with Gasteiger partial charge in [-0.2, -0.15) is 0 Å². The lowest BCUT2D eigenvalue weighted by Gasteiger charge is -2.61. The highest BCUT2D eigenvalue weighted by Gasteiger charge is 2.54. The van der Waals surface area contributed by atoms with Gasteiger partial charge in [0.05, 0.1) is 0 Å². The maximum atomic E-state index is 12.3. The van der Waals surface area contributed by atoms with E-state index in [2.05, 4.69) is 46.9 Å². The van der Waals surface area contributed by atoms with Crippen LogP contribution in [0.4, 0.5) is 4.79 Å². The number of nitrogens with one attached hydrogen (secondary N) is 1. The van der Waals surface area contributed by atoms with Gasteiger partial charge in [-0.05, 0) is 38.5 Å². The third kappa shape index (κ3) is 3.66. The molecule has 0 spiro atoms. The summed E-state index contributed by atoms with van der Waals surface area (Å²) in [5.74, 6) is 0.948. The molecule has 0 radical (unpaired) electrons. The van der Waals surface area contributed by atoms with Gasteiger partial charge in [0.2, 0.25) is 0 Å². The molecule has 20 heavy (non-hydrogen) atoms. The average molecular weight is 284 g/mol. The normalized spacial score (nSPS) is 21.5. The number of hydrogen-bond donors (Lipinski definition) is 2. The Labute approximate surface area is 123 Å². The van der Waals surface area contributed by atoms with Crippen LogP contribution < -0.4 is 5.32 Å². The Morgan fingerprint density at radius 3 is 2.30 bits per heavy atom. The number of carbonyl (C=O) groups is 1. The lowest BCUT2D eigenvalue weighted by atomic mass is 9.65. The quantitative estimate of drug-likeness (QED) is 0.788. The molecule has 0 aromatic heterocycles. The van der Waals surface area contributed by atoms with Crippen molar-refractivity contribution in [1.29, 1.82) is 0 Å². The topological polar surface area (TPSA) is 52.6 Å². The van der Waals surface area contributed by atoms with Gasteiger partial charge in [-0.1, -0.05) is 27.7 Å². The van der Waals surface area contributed by atoms with Crippen LogP contribution in [-0.4, -0.2) is 41.3 Å². The van der Waals surface area contributed by atoms with E-state index in [1.54, 1.807) is 0 Å². The fourth-order valence-electron chi connectivity index (χ4n) is 2.87. The Morgan fingerprint density at radius 1 is 1.30 bits per heavy atom. The summed E-state index contributed by atoms with van der Waals surface area (Å²) in [6.45, 7) is 14.6. The molecule has 0 aliphatic carbocycles. The van der Waals surface area contributed by atoms with Crippen molar-refractivity contribution in [3.05, 3.63) is 0 Å². The first kappa shape index (κ1) is 17.3. The van der Waals surface area contributed by atoms with Crippen molar-refractivity contribution in [1.82, 2.24) is 10.2 Å². The van der Waals surface area contributed by atoms with Crippen LogP contribution in [0.25, 0.3) is 0 Å². The van der Waals surface area contributed by atoms with Crippen molar-refractivity contribution in [3.8, 4) is 0 Å². The van der Waals surface area contributed by atoms with E-state index in [1.807, 2.05) is 4.90 Å². The Hall–Kier alpha value is -0.770. The molecule has 1 heterocycles. The van der Waals surface area contributed by atoms with Crippen LogP contribution in [0.15, 0.2) is 0 Å². The molecule has 1 aliphatic heterocycles. The number of hydrogen-bond acceptors (Lipinski definition) is 2. The van der Waals surface area contributed by atoms with E-state index in [4.69, 9.17) is 5.11 Å². The molecule has 2 N–H and O–H groups in total. The monoisotopic (exact) mass is 284 g/mol. The highest BCUT2D eigenvalue weighted by atomic mass is 16.3. The zero-order chi connectivity index (χ0) is 15.6. The van der Waals surface area contributed by atoms with Crippen molar-refractivity contribution >= 4 is 6.03 Å². The van der Waals surface area contributed by atoms with E-state index < -0.39 is 0 Å². The van der Waals surface area contributed by atoms with Crippen molar-refractivity contribution in [3.63, 3.8) is 0 Å². The van der Waals surface area contributed by atoms with Gasteiger partial charge in [-0.25, -0.2) is 4.79 Å². The standard InChI is InChI=1S/C16H32N2O2/c1-12(2)9-13(7-8-19)10-17-14(20)18-11-15(3,4)16(18,5)6/h12-13,19H,7-11H2,1-6H3,(H,17,20). The number of amides is 2. The SMILES string of the molecule is CC(C)CC(CCO)CNC(=O)N1CC(C)(C)C1(C)C. The highest BCUT2D eigenvalue weighted by Crippen LogP contribution is 2.46. The third-order valence-electron chi connectivity index (χ3n) is 5.01. The van der Waals surface area contributed by atoms with Gasteiger partial charge in [-0.3, -0.25) is 0 Å². The first-order valence-corrected chi connectivity index (χ1v) is 7.78. The van der Waals surface area contributed by atoms with Gasteiger partial charge in [-0.15, -0.1) is 0 Å². The third-order valence-corrected chi connectivity index (χ3v) is 5.01. The molecule has 0 aromatic rings. The second kappa shape index (κ2) is 6.33. The Kier molecular flexibility index (Phi) is 5.47. The van der Waals surface area contributed by atoms with Crippen molar-refractivity contribution < 1.29 is 9.90 Å². The van der Waals surface area contributed by atoms with Crippen LogP contribution >= 0.6 is 0 Å². The van der Waals surface area contributed by atoms with Crippen molar-refractivity contribution in [2.75, 3.05) is 19.7 Å². The van der Waals surface area contributed by atoms with Crippen LogP contribution in [-0.2, 0) is 0 Å². The molecule has 4 nitrogen and oxygen atoms in total.